The zero-order valence-corrected chi connectivity index (χ0v) is 19.1. The van der Waals surface area contributed by atoms with Crippen molar-refractivity contribution in [2.75, 3.05) is 6.54 Å². The van der Waals surface area contributed by atoms with Gasteiger partial charge in [-0.3, -0.25) is 9.78 Å². The molecular weight excluding hydrogens is 450 g/mol. The number of rotatable bonds is 8. The molecule has 7 heteroatoms. The highest BCUT2D eigenvalue weighted by Crippen LogP contribution is 2.41. The Labute approximate surface area is 196 Å². The van der Waals surface area contributed by atoms with Crippen LogP contribution < -0.4 is 10.1 Å². The van der Waals surface area contributed by atoms with Gasteiger partial charge in [0.1, 0.15) is 11.9 Å². The van der Waals surface area contributed by atoms with Crippen LogP contribution in [0, 0.1) is 0 Å². The maximum Gasteiger partial charge on any atom is 0.255 e. The normalized spacial score (nSPS) is 14.1. The standard InChI is InChI=1S/C25H23Cl2FN2O2/c1-2-18-12-21(25(31)30-13-23(28)20-9-8-17(26)11-22(20)27)24(14-29-18)32-19-5-3-4-16(10-19)15-6-7-15/h3-5,8-12,14-15,23H,2,6-7,13H2,1H3,(H,30,31). The number of pyridine rings is 1. The maximum atomic E-state index is 14.7. The summed E-state index contributed by atoms with van der Waals surface area (Å²) in [6.45, 7) is 1.71. The molecule has 1 atom stereocenters. The van der Waals surface area contributed by atoms with E-state index in [9.17, 15) is 9.18 Å². The van der Waals surface area contributed by atoms with Gasteiger partial charge in [-0.15, -0.1) is 0 Å². The Balaban J connectivity index is 1.51. The zero-order valence-electron chi connectivity index (χ0n) is 17.6. The summed E-state index contributed by atoms with van der Waals surface area (Å²) in [4.78, 5) is 17.3. The number of nitrogens with zero attached hydrogens (tertiary/aromatic N) is 1. The van der Waals surface area contributed by atoms with E-state index < -0.39 is 12.1 Å². The van der Waals surface area contributed by atoms with Gasteiger partial charge in [-0.1, -0.05) is 48.3 Å². The van der Waals surface area contributed by atoms with E-state index in [4.69, 9.17) is 27.9 Å². The van der Waals surface area contributed by atoms with Crippen LogP contribution in [0.2, 0.25) is 10.0 Å². The maximum absolute atomic E-state index is 14.7. The largest absolute Gasteiger partial charge is 0.455 e. The molecule has 1 fully saturated rings. The van der Waals surface area contributed by atoms with E-state index in [0.29, 0.717) is 34.4 Å². The smallest absolute Gasteiger partial charge is 0.255 e. The van der Waals surface area contributed by atoms with Gasteiger partial charge in [0, 0.05) is 21.3 Å². The molecule has 0 spiro atoms. The molecule has 4 nitrogen and oxygen atoms in total. The van der Waals surface area contributed by atoms with Gasteiger partial charge in [0.25, 0.3) is 5.91 Å². The summed E-state index contributed by atoms with van der Waals surface area (Å²) >= 11 is 12.0. The SMILES string of the molecule is CCc1cc(C(=O)NCC(F)c2ccc(Cl)cc2Cl)c(Oc2cccc(C3CC3)c2)cn1. The van der Waals surface area contributed by atoms with Gasteiger partial charge < -0.3 is 10.1 Å². The van der Waals surface area contributed by atoms with E-state index in [1.807, 2.05) is 25.1 Å². The highest BCUT2D eigenvalue weighted by atomic mass is 35.5. The quantitative estimate of drug-likeness (QED) is 0.381. The van der Waals surface area contributed by atoms with Gasteiger partial charge in [-0.05, 0) is 61.1 Å². The Morgan fingerprint density at radius 1 is 1.22 bits per heavy atom. The molecule has 1 saturated carbocycles. The second-order valence-electron chi connectivity index (χ2n) is 7.82. The highest BCUT2D eigenvalue weighted by molar-refractivity contribution is 6.35. The van der Waals surface area contributed by atoms with E-state index in [1.165, 1.54) is 30.5 Å². The van der Waals surface area contributed by atoms with Crippen LogP contribution in [0.25, 0.3) is 0 Å². The Bertz CT molecular complexity index is 1130. The van der Waals surface area contributed by atoms with E-state index in [1.54, 1.807) is 18.3 Å². The molecule has 0 aliphatic heterocycles. The van der Waals surface area contributed by atoms with Crippen molar-refractivity contribution >= 4 is 29.1 Å². The third-order valence-corrected chi connectivity index (χ3v) is 5.97. The first-order chi connectivity index (χ1) is 15.4. The molecule has 4 rings (SSSR count). The first-order valence-electron chi connectivity index (χ1n) is 10.6. The molecule has 1 aromatic heterocycles. The van der Waals surface area contributed by atoms with Crippen LogP contribution in [0.3, 0.4) is 0 Å². The highest BCUT2D eigenvalue weighted by Gasteiger charge is 2.24. The molecule has 0 bridgehead atoms. The number of ether oxygens (including phenoxy) is 1. The summed E-state index contributed by atoms with van der Waals surface area (Å²) in [5.41, 5.74) is 2.55. The molecule has 3 aromatic rings. The molecule has 1 amide bonds. The van der Waals surface area contributed by atoms with E-state index >= 15 is 0 Å². The number of carbonyl (C=O) groups excluding carboxylic acids is 1. The van der Waals surface area contributed by atoms with Crippen molar-refractivity contribution in [1.29, 1.82) is 0 Å². The summed E-state index contributed by atoms with van der Waals surface area (Å²) < 4.78 is 20.8. The first kappa shape index (κ1) is 22.6. The van der Waals surface area contributed by atoms with Crippen LogP contribution in [-0.2, 0) is 6.42 Å². The van der Waals surface area contributed by atoms with Gasteiger partial charge in [-0.2, -0.15) is 0 Å². The van der Waals surface area contributed by atoms with Crippen LogP contribution in [0.5, 0.6) is 11.5 Å². The second-order valence-corrected chi connectivity index (χ2v) is 8.66. The van der Waals surface area contributed by atoms with Gasteiger partial charge in [-0.25, -0.2) is 4.39 Å². The van der Waals surface area contributed by atoms with Crippen molar-refractivity contribution < 1.29 is 13.9 Å². The van der Waals surface area contributed by atoms with E-state index in [0.717, 1.165) is 5.69 Å². The minimum atomic E-state index is -1.48. The summed E-state index contributed by atoms with van der Waals surface area (Å²) in [6, 6.07) is 14.1. The monoisotopic (exact) mass is 472 g/mol. The third kappa shape index (κ3) is 5.40. The predicted octanol–water partition coefficient (Wildman–Crippen LogP) is 7.06. The number of aromatic nitrogens is 1. The number of aryl methyl sites for hydroxylation is 1. The molecule has 2 aromatic carbocycles. The van der Waals surface area contributed by atoms with Crippen LogP contribution in [0.15, 0.2) is 54.7 Å². The molecule has 1 aliphatic carbocycles. The Hall–Kier alpha value is -2.63. The lowest BCUT2D eigenvalue weighted by atomic mass is 10.1. The number of carbonyl (C=O) groups is 1. The van der Waals surface area contributed by atoms with Crippen molar-refractivity contribution in [3.05, 3.63) is 87.2 Å². The summed E-state index contributed by atoms with van der Waals surface area (Å²) in [6.07, 6.45) is 3.10. The summed E-state index contributed by atoms with van der Waals surface area (Å²) in [5.74, 6) is 1.12. The molecule has 1 heterocycles. The number of hydrogen-bond donors (Lipinski definition) is 1. The molecule has 166 valence electrons. The molecule has 32 heavy (non-hydrogen) atoms. The van der Waals surface area contributed by atoms with Crippen LogP contribution in [0.1, 0.15) is 59.0 Å². The average molecular weight is 473 g/mol. The van der Waals surface area contributed by atoms with Crippen LogP contribution >= 0.6 is 23.2 Å². The fraction of sp³-hybridized carbons (Fsp3) is 0.280. The molecule has 0 radical (unpaired) electrons. The summed E-state index contributed by atoms with van der Waals surface area (Å²) in [7, 11) is 0. The van der Waals surface area contributed by atoms with E-state index in [2.05, 4.69) is 16.4 Å². The minimum absolute atomic E-state index is 0.219. The van der Waals surface area contributed by atoms with Crippen molar-refractivity contribution in [2.24, 2.45) is 0 Å². The predicted molar refractivity (Wildman–Crippen MR) is 125 cm³/mol. The van der Waals surface area contributed by atoms with Gasteiger partial charge in [0.2, 0.25) is 0 Å². The van der Waals surface area contributed by atoms with Gasteiger partial charge in [0.05, 0.1) is 18.3 Å². The van der Waals surface area contributed by atoms with Crippen molar-refractivity contribution in [3.8, 4) is 11.5 Å². The average Bonchev–Trinajstić information content (AvgIpc) is 3.63. The fourth-order valence-electron chi connectivity index (χ4n) is 3.46. The van der Waals surface area contributed by atoms with Gasteiger partial charge in [0.15, 0.2) is 5.75 Å². The van der Waals surface area contributed by atoms with Crippen molar-refractivity contribution in [3.63, 3.8) is 0 Å². The van der Waals surface area contributed by atoms with E-state index in [-0.39, 0.29) is 17.1 Å². The number of benzene rings is 2. The fourth-order valence-corrected chi connectivity index (χ4v) is 3.98. The van der Waals surface area contributed by atoms with Gasteiger partial charge >= 0.3 is 0 Å². The molecule has 1 N–H and O–H groups in total. The number of nitrogens with one attached hydrogen (secondary N) is 1. The number of alkyl halides is 1. The van der Waals surface area contributed by atoms with Crippen molar-refractivity contribution in [2.45, 2.75) is 38.3 Å². The first-order valence-corrected chi connectivity index (χ1v) is 11.3. The molecule has 1 unspecified atom stereocenters. The third-order valence-electron chi connectivity index (χ3n) is 5.41. The Kier molecular flexibility index (Phi) is 6.97. The topological polar surface area (TPSA) is 51.2 Å². The molecular formula is C25H23Cl2FN2O2. The van der Waals surface area contributed by atoms with Crippen LogP contribution in [-0.4, -0.2) is 17.4 Å². The summed E-state index contributed by atoms with van der Waals surface area (Å²) in [5, 5.41) is 3.28. The second kappa shape index (κ2) is 9.88. The van der Waals surface area contributed by atoms with Crippen molar-refractivity contribution in [1.82, 2.24) is 10.3 Å². The number of amides is 1. The zero-order chi connectivity index (χ0) is 22.7. The van der Waals surface area contributed by atoms with Crippen LogP contribution in [0.4, 0.5) is 4.39 Å². The Morgan fingerprint density at radius 3 is 2.75 bits per heavy atom. The lowest BCUT2D eigenvalue weighted by molar-refractivity contribution is 0.0939. The minimum Gasteiger partial charge on any atom is -0.455 e. The lowest BCUT2D eigenvalue weighted by Crippen LogP contribution is -2.27. The Morgan fingerprint density at radius 2 is 2.03 bits per heavy atom. The number of hydrogen-bond acceptors (Lipinski definition) is 3. The lowest BCUT2D eigenvalue weighted by Gasteiger charge is -2.15. The molecule has 0 saturated heterocycles. The number of halogens is 3. The molecule has 1 aliphatic rings.